The van der Waals surface area contributed by atoms with Crippen molar-refractivity contribution in [3.63, 3.8) is 0 Å². The van der Waals surface area contributed by atoms with E-state index in [2.05, 4.69) is 25.6 Å². The average Bonchev–Trinajstić information content (AvgIpc) is 2.92. The van der Waals surface area contributed by atoms with Gasteiger partial charge in [-0.1, -0.05) is 23.1 Å². The van der Waals surface area contributed by atoms with Gasteiger partial charge in [-0.3, -0.25) is 0 Å². The lowest BCUT2D eigenvalue weighted by molar-refractivity contribution is 0.128. The van der Waals surface area contributed by atoms with Gasteiger partial charge in [-0.05, 0) is 24.9 Å². The number of nitrogens with zero attached hydrogens (tertiary/aromatic N) is 4. The van der Waals surface area contributed by atoms with E-state index in [1.54, 1.807) is 17.8 Å². The van der Waals surface area contributed by atoms with Crippen LogP contribution in [0.25, 0.3) is 0 Å². The first-order valence-corrected chi connectivity index (χ1v) is 8.58. The molecular formula is C10H14N6OS3. The third-order valence-electron chi connectivity index (χ3n) is 2.09. The summed E-state index contributed by atoms with van der Waals surface area (Å²) >= 11 is 4.52. The first-order chi connectivity index (χ1) is 9.75. The van der Waals surface area contributed by atoms with Crippen molar-refractivity contribution < 1.29 is 4.74 Å². The van der Waals surface area contributed by atoms with Crippen LogP contribution in [-0.4, -0.2) is 33.0 Å². The Morgan fingerprint density at radius 2 is 2.15 bits per heavy atom. The minimum Gasteiger partial charge on any atom is -0.374 e. The summed E-state index contributed by atoms with van der Waals surface area (Å²) in [6.07, 6.45) is 1.97. The SMILES string of the molecule is CCOCc1nc(NN)cc(Sc2nnc(SC)s2)n1. The predicted octanol–water partition coefficient (Wildman–Crippen LogP) is 2.02. The Labute approximate surface area is 129 Å². The molecule has 7 nitrogen and oxygen atoms in total. The summed E-state index contributed by atoms with van der Waals surface area (Å²) in [5.74, 6) is 6.55. The number of hydrogen-bond donors (Lipinski definition) is 2. The number of nitrogens with two attached hydrogens (primary N) is 1. The van der Waals surface area contributed by atoms with Gasteiger partial charge in [0, 0.05) is 12.7 Å². The monoisotopic (exact) mass is 330 g/mol. The van der Waals surface area contributed by atoms with Crippen LogP contribution in [0.5, 0.6) is 0 Å². The van der Waals surface area contributed by atoms with E-state index >= 15 is 0 Å². The number of rotatable bonds is 7. The molecule has 0 bridgehead atoms. The Morgan fingerprint density at radius 3 is 2.80 bits per heavy atom. The maximum atomic E-state index is 5.42. The third kappa shape index (κ3) is 4.28. The van der Waals surface area contributed by atoms with Gasteiger partial charge in [0.15, 0.2) is 14.5 Å². The molecule has 0 aliphatic rings. The van der Waals surface area contributed by atoms with Crippen molar-refractivity contribution in [3.05, 3.63) is 11.9 Å². The summed E-state index contributed by atoms with van der Waals surface area (Å²) in [7, 11) is 0. The van der Waals surface area contributed by atoms with E-state index in [1.165, 1.54) is 23.1 Å². The molecule has 0 saturated heterocycles. The fourth-order valence-electron chi connectivity index (χ4n) is 1.27. The van der Waals surface area contributed by atoms with Gasteiger partial charge >= 0.3 is 0 Å². The van der Waals surface area contributed by atoms with Crippen molar-refractivity contribution in [1.82, 2.24) is 20.2 Å². The molecule has 0 aliphatic carbocycles. The standard InChI is InChI=1S/C10H14N6OS3/c1-3-17-5-7-12-6(14-11)4-8(13-7)19-10-16-15-9(18-2)20-10/h4H,3,5,11H2,1-2H3,(H,12,13,14). The summed E-state index contributed by atoms with van der Waals surface area (Å²) in [6, 6.07) is 1.76. The van der Waals surface area contributed by atoms with Crippen molar-refractivity contribution in [3.8, 4) is 0 Å². The molecule has 2 aromatic heterocycles. The van der Waals surface area contributed by atoms with Gasteiger partial charge in [0.1, 0.15) is 17.5 Å². The Hall–Kier alpha value is -0.940. The molecule has 0 aromatic carbocycles. The van der Waals surface area contributed by atoms with E-state index in [0.29, 0.717) is 24.9 Å². The fraction of sp³-hybridized carbons (Fsp3) is 0.400. The zero-order chi connectivity index (χ0) is 14.4. The van der Waals surface area contributed by atoms with Crippen LogP contribution >= 0.6 is 34.9 Å². The molecule has 0 aliphatic heterocycles. The number of hydrogen-bond acceptors (Lipinski definition) is 10. The van der Waals surface area contributed by atoms with E-state index in [1.807, 2.05) is 13.2 Å². The van der Waals surface area contributed by atoms with Gasteiger partial charge in [-0.15, -0.1) is 10.2 Å². The number of aromatic nitrogens is 4. The van der Waals surface area contributed by atoms with Crippen LogP contribution < -0.4 is 11.3 Å². The maximum absolute atomic E-state index is 5.42. The number of thioether (sulfide) groups is 1. The molecule has 2 heterocycles. The van der Waals surface area contributed by atoms with Crippen LogP contribution in [0.1, 0.15) is 12.7 Å². The molecule has 0 fully saturated rings. The first kappa shape index (κ1) is 15.4. The molecule has 10 heteroatoms. The highest BCUT2D eigenvalue weighted by Gasteiger charge is 2.09. The van der Waals surface area contributed by atoms with Gasteiger partial charge in [-0.2, -0.15) is 0 Å². The molecule has 2 rings (SSSR count). The van der Waals surface area contributed by atoms with Crippen LogP contribution in [0, 0.1) is 0 Å². The fourth-order valence-corrected chi connectivity index (χ4v) is 3.67. The van der Waals surface area contributed by atoms with Crippen LogP contribution in [0.4, 0.5) is 5.82 Å². The number of hydrazine groups is 1. The van der Waals surface area contributed by atoms with Crippen molar-refractivity contribution >= 4 is 40.7 Å². The molecule has 0 unspecified atom stereocenters. The molecule has 0 saturated carbocycles. The van der Waals surface area contributed by atoms with E-state index in [-0.39, 0.29) is 0 Å². The van der Waals surface area contributed by atoms with Gasteiger partial charge in [0.05, 0.1) is 0 Å². The Balaban J connectivity index is 2.16. The lowest BCUT2D eigenvalue weighted by Crippen LogP contribution is -2.11. The molecule has 3 N–H and O–H groups in total. The van der Waals surface area contributed by atoms with Crippen molar-refractivity contribution in [1.29, 1.82) is 0 Å². The van der Waals surface area contributed by atoms with E-state index in [4.69, 9.17) is 10.6 Å². The molecular weight excluding hydrogens is 316 g/mol. The summed E-state index contributed by atoms with van der Waals surface area (Å²) < 4.78 is 7.07. The summed E-state index contributed by atoms with van der Waals surface area (Å²) in [6.45, 7) is 2.89. The quantitative estimate of drug-likeness (QED) is 0.342. The van der Waals surface area contributed by atoms with Crippen molar-refractivity contribution in [2.24, 2.45) is 5.84 Å². The largest absolute Gasteiger partial charge is 0.374 e. The minimum atomic E-state index is 0.353. The van der Waals surface area contributed by atoms with Gasteiger partial charge in [0.25, 0.3) is 0 Å². The van der Waals surface area contributed by atoms with Crippen LogP contribution in [0.3, 0.4) is 0 Å². The first-order valence-electron chi connectivity index (χ1n) is 5.72. The number of nitrogens with one attached hydrogen (secondary N) is 1. The number of nitrogen functional groups attached to an aromatic ring is 1. The Bertz CT molecular complexity index is 564. The van der Waals surface area contributed by atoms with Gasteiger partial charge in [0.2, 0.25) is 0 Å². The van der Waals surface area contributed by atoms with E-state index in [9.17, 15) is 0 Å². The zero-order valence-corrected chi connectivity index (χ0v) is 13.4. The highest BCUT2D eigenvalue weighted by molar-refractivity contribution is 8.02. The molecule has 0 amide bonds. The highest BCUT2D eigenvalue weighted by Crippen LogP contribution is 2.32. The van der Waals surface area contributed by atoms with Crippen LogP contribution in [-0.2, 0) is 11.3 Å². The highest BCUT2D eigenvalue weighted by atomic mass is 32.2. The molecule has 2 aromatic rings. The van der Waals surface area contributed by atoms with Crippen LogP contribution in [0.2, 0.25) is 0 Å². The molecule has 0 atom stereocenters. The Morgan fingerprint density at radius 1 is 1.35 bits per heavy atom. The van der Waals surface area contributed by atoms with Crippen molar-refractivity contribution in [2.75, 3.05) is 18.3 Å². The normalized spacial score (nSPS) is 10.8. The summed E-state index contributed by atoms with van der Waals surface area (Å²) in [5, 5.41) is 8.90. The molecule has 0 spiro atoms. The van der Waals surface area contributed by atoms with Crippen LogP contribution in [0.15, 0.2) is 19.8 Å². The zero-order valence-electron chi connectivity index (χ0n) is 11.0. The second-order valence-corrected chi connectivity index (χ2v) is 6.73. The smallest absolute Gasteiger partial charge is 0.181 e. The second-order valence-electron chi connectivity index (χ2n) is 3.43. The Kier molecular flexibility index (Phi) is 5.98. The third-order valence-corrected chi connectivity index (χ3v) is 4.95. The second kappa shape index (κ2) is 7.74. The summed E-state index contributed by atoms with van der Waals surface area (Å²) in [5.41, 5.74) is 2.53. The molecule has 0 radical (unpaired) electrons. The lowest BCUT2D eigenvalue weighted by atomic mass is 10.5. The van der Waals surface area contributed by atoms with Crippen molar-refractivity contribution in [2.45, 2.75) is 27.2 Å². The van der Waals surface area contributed by atoms with Gasteiger partial charge in [-0.25, -0.2) is 15.8 Å². The number of anilines is 1. The van der Waals surface area contributed by atoms with E-state index in [0.717, 1.165) is 13.7 Å². The number of ether oxygens (including phenoxy) is 1. The van der Waals surface area contributed by atoms with E-state index < -0.39 is 0 Å². The average molecular weight is 330 g/mol. The van der Waals surface area contributed by atoms with Gasteiger partial charge < -0.3 is 10.2 Å². The lowest BCUT2D eigenvalue weighted by Gasteiger charge is -2.06. The maximum Gasteiger partial charge on any atom is 0.181 e. The molecule has 20 heavy (non-hydrogen) atoms. The summed E-state index contributed by atoms with van der Waals surface area (Å²) in [4.78, 5) is 8.64. The minimum absolute atomic E-state index is 0.353. The topological polar surface area (TPSA) is 98.8 Å². The molecule has 108 valence electrons. The predicted molar refractivity (Wildman–Crippen MR) is 81.0 cm³/mol.